The maximum absolute atomic E-state index is 12.0. The predicted molar refractivity (Wildman–Crippen MR) is 81.7 cm³/mol. The van der Waals surface area contributed by atoms with E-state index in [1.165, 1.54) is 12.8 Å². The van der Waals surface area contributed by atoms with Gasteiger partial charge in [-0.1, -0.05) is 19.8 Å². The largest absolute Gasteiger partial charge is 0.299 e. The van der Waals surface area contributed by atoms with Gasteiger partial charge in [0.25, 0.3) is 10.2 Å². The van der Waals surface area contributed by atoms with Crippen LogP contribution in [0.25, 0.3) is 0 Å². The molecule has 1 heterocycles. The Kier molecular flexibility index (Phi) is 5.84. The van der Waals surface area contributed by atoms with E-state index in [4.69, 9.17) is 0 Å². The minimum absolute atomic E-state index is 0.138. The highest BCUT2D eigenvalue weighted by Gasteiger charge is 2.24. The lowest BCUT2D eigenvalue weighted by atomic mass is 9.98. The van der Waals surface area contributed by atoms with Gasteiger partial charge in [-0.2, -0.15) is 13.1 Å². The standard InChI is InChI=1S/C14H29N3O2S/c1-12-7-9-17(10-8-12)13(2)11-15-20(18,19)16-14-5-3-4-6-14/h12-16H,3-11H2,1-2H3. The molecular weight excluding hydrogens is 274 g/mol. The Hall–Kier alpha value is -0.170. The van der Waals surface area contributed by atoms with Crippen molar-refractivity contribution in [2.24, 2.45) is 5.92 Å². The summed E-state index contributed by atoms with van der Waals surface area (Å²) >= 11 is 0. The third-order valence-corrected chi connectivity index (χ3v) is 5.88. The van der Waals surface area contributed by atoms with Crippen LogP contribution in [0, 0.1) is 5.92 Å². The predicted octanol–water partition coefficient (Wildman–Crippen LogP) is 1.47. The molecule has 2 fully saturated rings. The lowest BCUT2D eigenvalue weighted by Gasteiger charge is -2.35. The van der Waals surface area contributed by atoms with Gasteiger partial charge in [0.15, 0.2) is 0 Å². The molecule has 118 valence electrons. The molecule has 2 N–H and O–H groups in total. The number of hydrogen-bond acceptors (Lipinski definition) is 3. The lowest BCUT2D eigenvalue weighted by molar-refractivity contribution is 0.148. The first-order valence-electron chi connectivity index (χ1n) is 7.97. The van der Waals surface area contributed by atoms with E-state index in [0.29, 0.717) is 6.54 Å². The molecule has 5 nitrogen and oxygen atoms in total. The van der Waals surface area contributed by atoms with E-state index < -0.39 is 10.2 Å². The van der Waals surface area contributed by atoms with E-state index in [-0.39, 0.29) is 12.1 Å². The average molecular weight is 303 g/mol. The van der Waals surface area contributed by atoms with Gasteiger partial charge in [0.05, 0.1) is 0 Å². The van der Waals surface area contributed by atoms with Crippen molar-refractivity contribution >= 4 is 10.2 Å². The first-order chi connectivity index (χ1) is 9.46. The smallest absolute Gasteiger partial charge is 0.277 e. The van der Waals surface area contributed by atoms with Gasteiger partial charge in [0.1, 0.15) is 0 Å². The zero-order valence-corrected chi connectivity index (χ0v) is 13.6. The van der Waals surface area contributed by atoms with Crippen molar-refractivity contribution in [2.75, 3.05) is 19.6 Å². The van der Waals surface area contributed by atoms with E-state index in [1.54, 1.807) is 0 Å². The zero-order valence-electron chi connectivity index (χ0n) is 12.8. The molecule has 0 aromatic rings. The van der Waals surface area contributed by atoms with Crippen LogP contribution in [0.2, 0.25) is 0 Å². The maximum atomic E-state index is 12.0. The molecule has 1 aliphatic heterocycles. The number of piperidine rings is 1. The summed E-state index contributed by atoms with van der Waals surface area (Å²) in [6, 6.07) is 0.404. The van der Waals surface area contributed by atoms with Crippen LogP contribution in [0.5, 0.6) is 0 Å². The maximum Gasteiger partial charge on any atom is 0.277 e. The number of likely N-dealkylation sites (tertiary alicyclic amines) is 1. The summed E-state index contributed by atoms with van der Waals surface area (Å²) in [6.07, 6.45) is 6.65. The van der Waals surface area contributed by atoms with E-state index in [2.05, 4.69) is 28.2 Å². The summed E-state index contributed by atoms with van der Waals surface area (Å²) in [4.78, 5) is 2.39. The minimum atomic E-state index is -3.34. The van der Waals surface area contributed by atoms with Crippen LogP contribution in [0.4, 0.5) is 0 Å². The van der Waals surface area contributed by atoms with Crippen molar-refractivity contribution in [1.82, 2.24) is 14.3 Å². The first-order valence-corrected chi connectivity index (χ1v) is 9.45. The van der Waals surface area contributed by atoms with Gasteiger partial charge >= 0.3 is 0 Å². The molecule has 2 rings (SSSR count). The summed E-state index contributed by atoms with van der Waals surface area (Å²) in [7, 11) is -3.34. The fourth-order valence-electron chi connectivity index (χ4n) is 3.13. The minimum Gasteiger partial charge on any atom is -0.299 e. The Bertz CT molecular complexity index is 385. The quantitative estimate of drug-likeness (QED) is 0.781. The molecule has 1 saturated heterocycles. The highest BCUT2D eigenvalue weighted by molar-refractivity contribution is 7.87. The van der Waals surface area contributed by atoms with Crippen LogP contribution in [-0.2, 0) is 10.2 Å². The summed E-state index contributed by atoms with van der Waals surface area (Å²) in [5.41, 5.74) is 0. The fraction of sp³-hybridized carbons (Fsp3) is 1.00. The molecule has 0 aromatic heterocycles. The van der Waals surface area contributed by atoms with Crippen molar-refractivity contribution < 1.29 is 8.42 Å². The van der Waals surface area contributed by atoms with Crippen LogP contribution in [0.3, 0.4) is 0 Å². The molecule has 1 aliphatic carbocycles. The van der Waals surface area contributed by atoms with Gasteiger partial charge < -0.3 is 0 Å². The molecule has 0 bridgehead atoms. The number of hydrogen-bond donors (Lipinski definition) is 2. The van der Waals surface area contributed by atoms with Gasteiger partial charge in [-0.3, -0.25) is 4.90 Å². The van der Waals surface area contributed by atoms with E-state index in [0.717, 1.165) is 44.7 Å². The lowest BCUT2D eigenvalue weighted by Crippen LogP contribution is -2.49. The highest BCUT2D eigenvalue weighted by atomic mass is 32.2. The Morgan fingerprint density at radius 3 is 2.35 bits per heavy atom. The Morgan fingerprint density at radius 1 is 1.15 bits per heavy atom. The second kappa shape index (κ2) is 7.20. The van der Waals surface area contributed by atoms with Gasteiger partial charge in [-0.25, -0.2) is 4.72 Å². The van der Waals surface area contributed by atoms with Gasteiger partial charge in [0, 0.05) is 18.6 Å². The third-order valence-electron chi connectivity index (χ3n) is 4.69. The second-order valence-corrected chi connectivity index (χ2v) is 8.05. The fourth-order valence-corrected chi connectivity index (χ4v) is 4.35. The Morgan fingerprint density at radius 2 is 1.75 bits per heavy atom. The summed E-state index contributed by atoms with van der Waals surface area (Å²) in [5.74, 6) is 0.805. The van der Waals surface area contributed by atoms with Crippen LogP contribution in [0.1, 0.15) is 52.4 Å². The van der Waals surface area contributed by atoms with Crippen LogP contribution in [-0.4, -0.2) is 45.0 Å². The molecule has 1 saturated carbocycles. The van der Waals surface area contributed by atoms with E-state index in [9.17, 15) is 8.42 Å². The molecule has 1 unspecified atom stereocenters. The van der Waals surface area contributed by atoms with Gasteiger partial charge in [-0.05, 0) is 51.6 Å². The third kappa shape index (κ3) is 4.98. The summed E-state index contributed by atoms with van der Waals surface area (Å²) in [5, 5.41) is 0. The normalized spacial score (nSPS) is 25.1. The van der Waals surface area contributed by atoms with Crippen LogP contribution >= 0.6 is 0 Å². The molecular formula is C14H29N3O2S. The monoisotopic (exact) mass is 303 g/mol. The highest BCUT2D eigenvalue weighted by Crippen LogP contribution is 2.19. The summed E-state index contributed by atoms with van der Waals surface area (Å²) < 4.78 is 29.4. The van der Waals surface area contributed by atoms with Crippen molar-refractivity contribution in [3.05, 3.63) is 0 Å². The molecule has 0 spiro atoms. The Labute approximate surface area is 123 Å². The van der Waals surface area contributed by atoms with E-state index >= 15 is 0 Å². The molecule has 1 atom stereocenters. The zero-order chi connectivity index (χ0) is 14.6. The van der Waals surface area contributed by atoms with Gasteiger partial charge in [-0.15, -0.1) is 0 Å². The van der Waals surface area contributed by atoms with Crippen molar-refractivity contribution in [3.63, 3.8) is 0 Å². The second-order valence-electron chi connectivity index (χ2n) is 6.52. The van der Waals surface area contributed by atoms with E-state index in [1.807, 2.05) is 0 Å². The van der Waals surface area contributed by atoms with Crippen molar-refractivity contribution in [1.29, 1.82) is 0 Å². The summed E-state index contributed by atoms with van der Waals surface area (Å²) in [6.45, 7) is 7.06. The average Bonchev–Trinajstić information content (AvgIpc) is 2.89. The molecule has 0 amide bonds. The molecule has 20 heavy (non-hydrogen) atoms. The first kappa shape index (κ1) is 16.2. The molecule has 2 aliphatic rings. The Balaban J connectivity index is 1.72. The molecule has 0 aromatic carbocycles. The number of nitrogens with zero attached hydrogens (tertiary/aromatic N) is 1. The van der Waals surface area contributed by atoms with Crippen LogP contribution < -0.4 is 9.44 Å². The van der Waals surface area contributed by atoms with Gasteiger partial charge in [0.2, 0.25) is 0 Å². The van der Waals surface area contributed by atoms with Crippen LogP contribution in [0.15, 0.2) is 0 Å². The topological polar surface area (TPSA) is 61.4 Å². The van der Waals surface area contributed by atoms with Crippen molar-refractivity contribution in [2.45, 2.75) is 64.5 Å². The molecule has 6 heteroatoms. The SMILES string of the molecule is CC1CCN(C(C)CNS(=O)(=O)NC2CCCC2)CC1. The number of rotatable bonds is 6. The number of nitrogens with one attached hydrogen (secondary N) is 2. The van der Waals surface area contributed by atoms with Crippen molar-refractivity contribution in [3.8, 4) is 0 Å². The molecule has 0 radical (unpaired) electrons.